The molecule has 8 rings (SSSR count). The third-order valence-electron chi connectivity index (χ3n) is 13.8. The maximum Gasteiger partial charge on any atom is 0.509 e. The molecule has 0 spiro atoms. The number of rotatable bonds is 28. The number of nitrogens with zero attached hydrogens (tertiary/aromatic N) is 9. The van der Waals surface area contributed by atoms with Crippen molar-refractivity contribution in [1.29, 1.82) is 0 Å². The fourth-order valence-electron chi connectivity index (χ4n) is 9.49. The molecule has 1 atom stereocenters. The predicted octanol–water partition coefficient (Wildman–Crippen LogP) is 4.97. The van der Waals surface area contributed by atoms with E-state index in [0.29, 0.717) is 80.1 Å². The molecule has 6 heterocycles. The fraction of sp³-hybridized carbons (Fsp3) is 0.407. The number of aromatic nitrogens is 7. The number of ether oxygens (including phenoxy) is 5. The van der Waals surface area contributed by atoms with E-state index >= 15 is 0 Å². The van der Waals surface area contributed by atoms with Crippen LogP contribution in [0.15, 0.2) is 94.9 Å². The summed E-state index contributed by atoms with van der Waals surface area (Å²) in [6, 6.07) is 13.3. The maximum absolute atomic E-state index is 13.2. The average molecular weight is 1280 g/mol. The number of thioether (sulfide) groups is 1. The van der Waals surface area contributed by atoms with Crippen LogP contribution in [0.1, 0.15) is 87.0 Å². The highest BCUT2D eigenvalue weighted by atomic mass is 32.2. The lowest BCUT2D eigenvalue weighted by Gasteiger charge is -2.32. The monoisotopic (exact) mass is 1280 g/mol. The Hall–Kier alpha value is -8.55. The molecule has 0 radical (unpaired) electrons. The summed E-state index contributed by atoms with van der Waals surface area (Å²) in [5, 5.41) is 22.8. The minimum Gasteiger partial charge on any atom is -0.458 e. The van der Waals surface area contributed by atoms with Gasteiger partial charge in [-0.1, -0.05) is 47.3 Å². The van der Waals surface area contributed by atoms with Crippen molar-refractivity contribution < 1.29 is 65.7 Å². The van der Waals surface area contributed by atoms with Gasteiger partial charge in [0.2, 0.25) is 40.3 Å². The number of para-hydroxylation sites is 1. The van der Waals surface area contributed by atoms with Crippen LogP contribution in [0.2, 0.25) is 0 Å². The van der Waals surface area contributed by atoms with Crippen molar-refractivity contribution >= 4 is 97.6 Å². The van der Waals surface area contributed by atoms with Gasteiger partial charge in [0.15, 0.2) is 5.16 Å². The Balaban J connectivity index is 0.735. The Morgan fingerprint density at radius 2 is 1.71 bits per heavy atom. The number of esters is 1. The first-order chi connectivity index (χ1) is 42.3. The third kappa shape index (κ3) is 18.1. The summed E-state index contributed by atoms with van der Waals surface area (Å²) in [5.41, 5.74) is 4.49. The Bertz CT molecular complexity index is 3790. The molecule has 0 aliphatic carbocycles. The molecule has 0 bridgehead atoms. The molecule has 4 aromatic heterocycles. The molecule has 4 N–H and O–H groups in total. The number of anilines is 1. The number of carbonyl (C=O) groups excluding carboxylic acids is 7. The number of sulfonamides is 1. The smallest absolute Gasteiger partial charge is 0.458 e. The second-order valence-corrected chi connectivity index (χ2v) is 25.9. The van der Waals surface area contributed by atoms with Crippen molar-refractivity contribution in [2.24, 2.45) is 0 Å². The van der Waals surface area contributed by atoms with E-state index in [1.807, 2.05) is 44.4 Å². The summed E-state index contributed by atoms with van der Waals surface area (Å²) in [4.78, 5) is 109. The quantitative estimate of drug-likeness (QED) is 0.0218. The van der Waals surface area contributed by atoms with Crippen molar-refractivity contribution in [3.8, 4) is 10.6 Å². The van der Waals surface area contributed by atoms with Crippen molar-refractivity contribution in [1.82, 2.24) is 60.1 Å². The van der Waals surface area contributed by atoms with E-state index < -0.39 is 76.9 Å². The predicted molar refractivity (Wildman–Crippen MR) is 328 cm³/mol. The second kappa shape index (κ2) is 29.2. The van der Waals surface area contributed by atoms with Crippen LogP contribution in [-0.2, 0) is 90.3 Å². The Kier molecular flexibility index (Phi) is 21.8. The molecule has 2 aliphatic heterocycles. The average Bonchev–Trinajstić information content (AvgIpc) is 2.28. The second-order valence-electron chi connectivity index (χ2n) is 22.4. The van der Waals surface area contributed by atoms with E-state index in [1.54, 1.807) is 93.6 Å². The van der Waals surface area contributed by atoms with Crippen LogP contribution >= 0.6 is 23.1 Å². The number of nitrogens with one attached hydrogen (secondary N) is 4. The van der Waals surface area contributed by atoms with Crippen LogP contribution in [-0.4, -0.2) is 170 Å². The molecule has 6 aromatic rings. The lowest BCUT2D eigenvalue weighted by atomic mass is 9.96. The van der Waals surface area contributed by atoms with Crippen LogP contribution in [0, 0.1) is 0 Å². The van der Waals surface area contributed by atoms with Crippen molar-refractivity contribution in [2.45, 2.75) is 110 Å². The van der Waals surface area contributed by atoms with Gasteiger partial charge in [-0.25, -0.2) is 42.6 Å². The zero-order chi connectivity index (χ0) is 64.2. The number of carbonyl (C=O) groups is 7. The van der Waals surface area contributed by atoms with Gasteiger partial charge < -0.3 is 49.9 Å². The molecule has 1 unspecified atom stereocenters. The molecular weight excluding hydrogens is 1210 g/mol. The van der Waals surface area contributed by atoms with Crippen LogP contribution in [0.25, 0.3) is 27.2 Å². The van der Waals surface area contributed by atoms with E-state index in [9.17, 15) is 42.0 Å². The van der Waals surface area contributed by atoms with E-state index in [4.69, 9.17) is 28.7 Å². The lowest BCUT2D eigenvalue weighted by Crippen LogP contribution is -2.50. The number of cyclic esters (lactones) is 1. The summed E-state index contributed by atoms with van der Waals surface area (Å²) in [7, 11) is -3.53. The molecule has 27 nitrogen and oxygen atoms in total. The van der Waals surface area contributed by atoms with Gasteiger partial charge in [0.1, 0.15) is 42.8 Å². The molecular formula is C59H69N13O14S3. The fourth-order valence-corrected chi connectivity index (χ4v) is 11.8. The summed E-state index contributed by atoms with van der Waals surface area (Å²) in [5.74, 6) is -2.94. The first-order valence-electron chi connectivity index (χ1n) is 28.0. The Labute approximate surface area is 521 Å². The lowest BCUT2D eigenvalue weighted by molar-refractivity contribution is -0.153. The van der Waals surface area contributed by atoms with Gasteiger partial charge in [-0.3, -0.25) is 24.0 Å². The van der Waals surface area contributed by atoms with Crippen LogP contribution in [0.3, 0.4) is 0 Å². The summed E-state index contributed by atoms with van der Waals surface area (Å²) in [6.07, 6.45) is 7.87. The Morgan fingerprint density at radius 1 is 0.978 bits per heavy atom. The normalized spacial score (nSPS) is 14.9. The van der Waals surface area contributed by atoms with Gasteiger partial charge in [0, 0.05) is 58.1 Å². The molecule has 89 heavy (non-hydrogen) atoms. The van der Waals surface area contributed by atoms with E-state index in [1.165, 1.54) is 38.6 Å². The summed E-state index contributed by atoms with van der Waals surface area (Å²) < 4.78 is 56.1. The highest BCUT2D eigenvalue weighted by Crippen LogP contribution is 2.39. The minimum atomic E-state index is -3.53. The summed E-state index contributed by atoms with van der Waals surface area (Å²) in [6.45, 7) is 11.6. The van der Waals surface area contributed by atoms with Crippen molar-refractivity contribution in [2.75, 3.05) is 57.3 Å². The van der Waals surface area contributed by atoms with Crippen LogP contribution in [0.4, 0.5) is 10.5 Å². The minimum absolute atomic E-state index is 0.103. The SMILES string of the molecule is CSc1ncc(-c2nc(C(=O)NCc3cn(CC(C)(C)OCC(C)(C)NC(=O)COCC(=O)NCC(=O)Nc4ccc(COC(=O)OC5C(=O)OCC(C)=C5/C=C5/c6nc7ccccc7c(CCN(C(C)C)S(C)(=O)=O)c6CN5C=O)cc4)nn3)cs2)cn1. The molecule has 5 amide bonds. The number of hydrogen-bond acceptors (Lipinski definition) is 22. The van der Waals surface area contributed by atoms with Gasteiger partial charge in [-0.15, -0.1) is 16.4 Å². The first kappa shape index (κ1) is 66.4. The molecule has 0 saturated heterocycles. The highest BCUT2D eigenvalue weighted by Gasteiger charge is 2.37. The molecule has 0 saturated carbocycles. The number of amides is 5. The molecule has 30 heteroatoms. The van der Waals surface area contributed by atoms with Crippen molar-refractivity contribution in [3.05, 3.63) is 123 Å². The first-order valence-corrected chi connectivity index (χ1v) is 31.9. The number of thiazole rings is 1. The molecule has 2 aromatic carbocycles. The van der Waals surface area contributed by atoms with Gasteiger partial charge in [0.25, 0.3) is 5.91 Å². The number of pyridine rings is 1. The zero-order valence-electron chi connectivity index (χ0n) is 50.5. The molecule has 0 fully saturated rings. The number of hydrogen-bond donors (Lipinski definition) is 4. The van der Waals surface area contributed by atoms with Gasteiger partial charge >= 0.3 is 12.1 Å². The maximum atomic E-state index is 13.2. The van der Waals surface area contributed by atoms with Gasteiger partial charge in [-0.05, 0) is 102 Å². The van der Waals surface area contributed by atoms with Gasteiger partial charge in [0.05, 0.1) is 73.3 Å². The molecule has 472 valence electrons. The number of fused-ring (bicyclic) bond motifs is 2. The standard InChI is InChI=1S/C59H69N13O14S3/c1-35(2)72(89(9,80)81)19-18-41-42-12-10-11-13-45(42)65-51-44(41)26-70(34-73)47(51)20-43-36(3)27-83-55(78)52(43)86-57(79)84-28-37-14-16-39(17-15-37)64-48(74)24-60-49(75)29-82-30-50(76)67-58(4,5)33-85-59(6,7)32-71-25-40(68-69-71)23-61-53(77)46-31-88-54(66-46)38-21-62-56(87-8)63-22-38/h10-17,20-22,25,31,34-35,52H,18-19,23-24,26-30,32-33H2,1-9H3,(H,60,75)(H,61,77)(H,64,74)(H,67,76)/b47-20-. The van der Waals surface area contributed by atoms with Crippen LogP contribution in [0.5, 0.6) is 0 Å². The van der Waals surface area contributed by atoms with E-state index in [0.717, 1.165) is 10.9 Å². The van der Waals surface area contributed by atoms with E-state index in [-0.39, 0.29) is 62.7 Å². The molecule has 2 aliphatic rings. The Morgan fingerprint density at radius 3 is 2.42 bits per heavy atom. The van der Waals surface area contributed by atoms with E-state index in [2.05, 4.69) is 46.5 Å². The summed E-state index contributed by atoms with van der Waals surface area (Å²) >= 11 is 2.74. The number of benzene rings is 2. The van der Waals surface area contributed by atoms with Crippen LogP contribution < -0.4 is 21.3 Å². The topological polar surface area (TPSA) is 337 Å². The van der Waals surface area contributed by atoms with Gasteiger partial charge in [-0.2, -0.15) is 4.31 Å². The largest absolute Gasteiger partial charge is 0.509 e. The van der Waals surface area contributed by atoms with Crippen molar-refractivity contribution in [3.63, 3.8) is 0 Å². The third-order valence-corrected chi connectivity index (χ3v) is 16.7. The highest BCUT2D eigenvalue weighted by molar-refractivity contribution is 7.98. The zero-order valence-corrected chi connectivity index (χ0v) is 52.9.